The van der Waals surface area contributed by atoms with Gasteiger partial charge in [-0.1, -0.05) is 146 Å². The molecular formula is C48H29N3S. The van der Waals surface area contributed by atoms with Gasteiger partial charge < -0.3 is 4.57 Å². The minimum Gasteiger partial charge on any atom is -0.309 e. The number of hydrogen-bond acceptors (Lipinski definition) is 3. The van der Waals surface area contributed by atoms with Crippen molar-refractivity contribution >= 4 is 75.0 Å². The Morgan fingerprint density at radius 1 is 0.423 bits per heavy atom. The van der Waals surface area contributed by atoms with E-state index in [0.717, 1.165) is 33.4 Å². The van der Waals surface area contributed by atoms with Crippen LogP contribution >= 0.6 is 11.3 Å². The van der Waals surface area contributed by atoms with E-state index >= 15 is 0 Å². The van der Waals surface area contributed by atoms with Crippen molar-refractivity contribution in [2.75, 3.05) is 0 Å². The molecule has 0 amide bonds. The molecule has 52 heavy (non-hydrogen) atoms. The molecule has 0 spiro atoms. The van der Waals surface area contributed by atoms with Gasteiger partial charge in [-0.05, 0) is 41.5 Å². The van der Waals surface area contributed by atoms with Gasteiger partial charge in [0.1, 0.15) is 0 Å². The highest BCUT2D eigenvalue weighted by molar-refractivity contribution is 7.27. The van der Waals surface area contributed by atoms with Crippen LogP contribution in [0.3, 0.4) is 0 Å². The lowest BCUT2D eigenvalue weighted by atomic mass is 10.00. The van der Waals surface area contributed by atoms with E-state index in [2.05, 4.69) is 180 Å². The Labute approximate surface area is 303 Å². The smallest absolute Gasteiger partial charge is 0.160 e. The van der Waals surface area contributed by atoms with Gasteiger partial charge in [0.25, 0.3) is 0 Å². The van der Waals surface area contributed by atoms with Crippen molar-refractivity contribution in [3.05, 3.63) is 176 Å². The average Bonchev–Trinajstić information content (AvgIpc) is 3.78. The molecule has 11 rings (SSSR count). The summed E-state index contributed by atoms with van der Waals surface area (Å²) in [4.78, 5) is 10.4. The molecule has 11 aromatic rings. The molecule has 8 aromatic carbocycles. The second-order valence-corrected chi connectivity index (χ2v) is 14.4. The van der Waals surface area contributed by atoms with E-state index in [-0.39, 0.29) is 0 Å². The third kappa shape index (κ3) is 4.38. The van der Waals surface area contributed by atoms with Gasteiger partial charge in [-0.2, -0.15) is 0 Å². The zero-order chi connectivity index (χ0) is 34.2. The first kappa shape index (κ1) is 29.1. The molecule has 0 unspecified atom stereocenters. The second kappa shape index (κ2) is 11.5. The molecule has 3 nitrogen and oxygen atoms in total. The molecule has 0 radical (unpaired) electrons. The summed E-state index contributed by atoms with van der Waals surface area (Å²) in [7, 11) is 0. The van der Waals surface area contributed by atoms with Crippen molar-refractivity contribution in [1.29, 1.82) is 0 Å². The molecule has 0 saturated heterocycles. The second-order valence-electron chi connectivity index (χ2n) is 13.3. The molecule has 0 saturated carbocycles. The lowest BCUT2D eigenvalue weighted by molar-refractivity contribution is 1.17. The third-order valence-electron chi connectivity index (χ3n) is 10.4. The highest BCUT2D eigenvalue weighted by Gasteiger charge is 2.22. The summed E-state index contributed by atoms with van der Waals surface area (Å²) in [6.07, 6.45) is 0. The maximum Gasteiger partial charge on any atom is 0.160 e. The van der Waals surface area contributed by atoms with E-state index in [1.807, 2.05) is 11.3 Å². The fraction of sp³-hybridized carbons (Fsp3) is 0. The number of aromatic nitrogens is 3. The summed E-state index contributed by atoms with van der Waals surface area (Å²) in [6, 6.07) is 62.8. The Kier molecular flexibility index (Phi) is 6.42. The first-order valence-electron chi connectivity index (χ1n) is 17.6. The average molecular weight is 680 g/mol. The summed E-state index contributed by atoms with van der Waals surface area (Å²) in [5.41, 5.74) is 9.77. The van der Waals surface area contributed by atoms with Gasteiger partial charge in [-0.3, -0.25) is 0 Å². The van der Waals surface area contributed by atoms with Crippen LogP contribution < -0.4 is 0 Å². The molecule has 0 aliphatic carbocycles. The number of para-hydroxylation sites is 2. The van der Waals surface area contributed by atoms with Crippen molar-refractivity contribution < 1.29 is 0 Å². The predicted octanol–water partition coefficient (Wildman–Crippen LogP) is 13.2. The van der Waals surface area contributed by atoms with Crippen molar-refractivity contribution in [3.8, 4) is 39.5 Å². The number of nitrogens with zero attached hydrogens (tertiary/aromatic N) is 3. The van der Waals surface area contributed by atoms with Crippen LogP contribution in [-0.4, -0.2) is 14.5 Å². The molecule has 0 N–H and O–H groups in total. The monoisotopic (exact) mass is 679 g/mol. The molecule has 0 atom stereocenters. The summed E-state index contributed by atoms with van der Waals surface area (Å²) in [5, 5.41) is 8.77. The highest BCUT2D eigenvalue weighted by atomic mass is 32.1. The Morgan fingerprint density at radius 2 is 1.06 bits per heavy atom. The molecule has 0 bridgehead atoms. The molecular weight excluding hydrogens is 651 g/mol. The van der Waals surface area contributed by atoms with E-state index in [0.29, 0.717) is 5.82 Å². The van der Waals surface area contributed by atoms with Gasteiger partial charge in [0.05, 0.1) is 22.2 Å². The SMILES string of the molecule is c1ccc(-c2ccc(-c3nc(-c4cccc(-n5c6ccccc6c6c7c8ccccc8sc7c7ccccc7c65)c4)nc4ccccc34)cc2)cc1. The van der Waals surface area contributed by atoms with Crippen molar-refractivity contribution in [2.24, 2.45) is 0 Å². The molecule has 4 heteroatoms. The third-order valence-corrected chi connectivity index (χ3v) is 11.6. The van der Waals surface area contributed by atoms with E-state index in [9.17, 15) is 0 Å². The lowest BCUT2D eigenvalue weighted by Crippen LogP contribution is -1.98. The largest absolute Gasteiger partial charge is 0.309 e. The van der Waals surface area contributed by atoms with Crippen LogP contribution in [0.15, 0.2) is 176 Å². The summed E-state index contributed by atoms with van der Waals surface area (Å²) in [5.74, 6) is 0.708. The van der Waals surface area contributed by atoms with Crippen LogP contribution in [0.1, 0.15) is 0 Å². The Balaban J connectivity index is 1.15. The minimum absolute atomic E-state index is 0.708. The zero-order valence-electron chi connectivity index (χ0n) is 28.0. The molecule has 3 aromatic heterocycles. The van der Waals surface area contributed by atoms with Crippen LogP contribution in [0, 0.1) is 0 Å². The minimum atomic E-state index is 0.708. The molecule has 0 aliphatic heterocycles. The van der Waals surface area contributed by atoms with E-state index in [1.54, 1.807) is 0 Å². The topological polar surface area (TPSA) is 30.7 Å². The zero-order valence-corrected chi connectivity index (χ0v) is 28.8. The Morgan fingerprint density at radius 3 is 1.90 bits per heavy atom. The first-order chi connectivity index (χ1) is 25.8. The molecule has 3 heterocycles. The summed E-state index contributed by atoms with van der Waals surface area (Å²) < 4.78 is 5.11. The molecule has 0 fully saturated rings. The number of benzene rings is 8. The fourth-order valence-corrected chi connectivity index (χ4v) is 9.30. The maximum atomic E-state index is 5.29. The van der Waals surface area contributed by atoms with Crippen LogP contribution in [0.4, 0.5) is 0 Å². The van der Waals surface area contributed by atoms with Gasteiger partial charge in [-0.15, -0.1) is 11.3 Å². The molecule has 0 aliphatic rings. The van der Waals surface area contributed by atoms with E-state index in [4.69, 9.17) is 9.97 Å². The van der Waals surface area contributed by atoms with Crippen LogP contribution in [0.2, 0.25) is 0 Å². The van der Waals surface area contributed by atoms with Crippen LogP contribution in [0.25, 0.3) is 103 Å². The number of fused-ring (bicyclic) bond motifs is 11. The standard InChI is InChI=1S/C48H29N3S/c1-2-13-30(14-3-1)31-25-27-32(28-26-31)45-37-19-6-9-22-40(37)49-48(50-45)33-15-12-16-34(29-33)51-41-23-10-7-20-38(41)43-44-39-21-8-11-24-42(39)52-47(44)36-18-5-4-17-35(36)46(43)51/h1-29H. The maximum absolute atomic E-state index is 5.29. The van der Waals surface area contributed by atoms with Crippen LogP contribution in [0.5, 0.6) is 0 Å². The number of thiophene rings is 1. The highest BCUT2D eigenvalue weighted by Crippen LogP contribution is 2.48. The van der Waals surface area contributed by atoms with Crippen molar-refractivity contribution in [2.45, 2.75) is 0 Å². The quantitative estimate of drug-likeness (QED) is 0.185. The normalized spacial score (nSPS) is 11.8. The predicted molar refractivity (Wildman–Crippen MR) is 221 cm³/mol. The summed E-state index contributed by atoms with van der Waals surface area (Å²) >= 11 is 1.89. The van der Waals surface area contributed by atoms with Crippen LogP contribution in [-0.2, 0) is 0 Å². The van der Waals surface area contributed by atoms with Gasteiger partial charge in [-0.25, -0.2) is 9.97 Å². The van der Waals surface area contributed by atoms with Gasteiger partial charge in [0, 0.05) is 63.9 Å². The van der Waals surface area contributed by atoms with Gasteiger partial charge >= 0.3 is 0 Å². The van der Waals surface area contributed by atoms with E-state index in [1.165, 1.54) is 63.9 Å². The fourth-order valence-electron chi connectivity index (χ4n) is 8.05. The first-order valence-corrected chi connectivity index (χ1v) is 18.4. The van der Waals surface area contributed by atoms with E-state index < -0.39 is 0 Å². The number of hydrogen-bond donors (Lipinski definition) is 0. The van der Waals surface area contributed by atoms with Gasteiger partial charge in [0.15, 0.2) is 5.82 Å². The molecule has 242 valence electrons. The summed E-state index contributed by atoms with van der Waals surface area (Å²) in [6.45, 7) is 0. The van der Waals surface area contributed by atoms with Gasteiger partial charge in [0.2, 0.25) is 0 Å². The van der Waals surface area contributed by atoms with Crippen molar-refractivity contribution in [3.63, 3.8) is 0 Å². The number of rotatable bonds is 4. The Hall–Kier alpha value is -6.62. The lowest BCUT2D eigenvalue weighted by Gasteiger charge is -2.13. The Bertz CT molecular complexity index is 3170. The van der Waals surface area contributed by atoms with Crippen molar-refractivity contribution in [1.82, 2.24) is 14.5 Å².